The van der Waals surface area contributed by atoms with Gasteiger partial charge in [-0.05, 0) is 37.1 Å². The van der Waals surface area contributed by atoms with Crippen molar-refractivity contribution in [3.8, 4) is 0 Å². The van der Waals surface area contributed by atoms with E-state index >= 15 is 0 Å². The van der Waals surface area contributed by atoms with E-state index in [1.165, 1.54) is 0 Å². The Labute approximate surface area is 108 Å². The summed E-state index contributed by atoms with van der Waals surface area (Å²) in [5.74, 6) is -0.295. The minimum absolute atomic E-state index is 0.546. The Balaban J connectivity index is 1.75. The summed E-state index contributed by atoms with van der Waals surface area (Å²) in [6.45, 7) is 0. The molecule has 0 amide bonds. The van der Waals surface area contributed by atoms with Crippen LogP contribution in [-0.2, 0) is 9.63 Å². The molecule has 0 radical (unpaired) electrons. The zero-order valence-corrected chi connectivity index (χ0v) is 10.1. The third kappa shape index (κ3) is 1.71. The number of carboxylic acids is 1. The van der Waals surface area contributed by atoms with Gasteiger partial charge in [0.05, 0.1) is 0 Å². The number of nitrogens with zero attached hydrogens (tertiary/aromatic N) is 1. The molecule has 2 aliphatic rings. The van der Waals surface area contributed by atoms with Crippen molar-refractivity contribution in [2.24, 2.45) is 10.6 Å². The number of halogens is 1. The lowest BCUT2D eigenvalue weighted by Gasteiger charge is -2.16. The lowest BCUT2D eigenvalue weighted by atomic mass is 10.1. The molecule has 18 heavy (non-hydrogen) atoms. The largest absolute Gasteiger partial charge is 0.481 e. The highest BCUT2D eigenvalue weighted by molar-refractivity contribution is 6.30. The van der Waals surface area contributed by atoms with Crippen LogP contribution in [0.1, 0.15) is 18.4 Å². The standard InChI is InChI=1S/C12H11ClN2O3/c13-8-3-1-7(2-4-8)9-14-10(18-15-9)12(5-6-12)11(16)17/h1-4,10H,5-6H2,(H,14,15)(H,16,17). The highest BCUT2D eigenvalue weighted by Crippen LogP contribution is 2.50. The van der Waals surface area contributed by atoms with E-state index in [2.05, 4.69) is 10.5 Å². The maximum absolute atomic E-state index is 11.2. The van der Waals surface area contributed by atoms with Crippen molar-refractivity contribution in [1.29, 1.82) is 0 Å². The molecule has 1 atom stereocenters. The van der Waals surface area contributed by atoms with Crippen LogP contribution in [0, 0.1) is 5.41 Å². The van der Waals surface area contributed by atoms with E-state index < -0.39 is 17.6 Å². The number of carbonyl (C=O) groups is 1. The molecule has 1 heterocycles. The van der Waals surface area contributed by atoms with E-state index in [1.54, 1.807) is 24.3 Å². The van der Waals surface area contributed by atoms with Gasteiger partial charge in [0.1, 0.15) is 5.41 Å². The molecule has 1 saturated carbocycles. The van der Waals surface area contributed by atoms with E-state index in [-0.39, 0.29) is 0 Å². The number of rotatable bonds is 3. The van der Waals surface area contributed by atoms with Crippen molar-refractivity contribution in [1.82, 2.24) is 5.32 Å². The van der Waals surface area contributed by atoms with Crippen LogP contribution in [0.25, 0.3) is 0 Å². The zero-order valence-electron chi connectivity index (χ0n) is 9.39. The molecule has 0 saturated heterocycles. The smallest absolute Gasteiger partial charge is 0.315 e. The van der Waals surface area contributed by atoms with Gasteiger partial charge in [0.2, 0.25) is 6.23 Å². The molecular formula is C12H11ClN2O3. The van der Waals surface area contributed by atoms with Gasteiger partial charge in [0, 0.05) is 10.6 Å². The van der Waals surface area contributed by atoms with Gasteiger partial charge in [-0.15, -0.1) is 0 Å². The minimum atomic E-state index is -0.840. The lowest BCUT2D eigenvalue weighted by molar-refractivity contribution is -0.150. The number of benzene rings is 1. The molecule has 1 aliphatic heterocycles. The average Bonchev–Trinajstić information content (AvgIpc) is 3.03. The number of amidine groups is 1. The molecule has 1 aromatic rings. The van der Waals surface area contributed by atoms with E-state index in [4.69, 9.17) is 21.5 Å². The third-order valence-electron chi connectivity index (χ3n) is 3.35. The molecule has 3 rings (SSSR count). The summed E-state index contributed by atoms with van der Waals surface area (Å²) in [7, 11) is 0. The molecule has 0 spiro atoms. The van der Waals surface area contributed by atoms with Gasteiger partial charge in [-0.3, -0.25) is 4.79 Å². The minimum Gasteiger partial charge on any atom is -0.481 e. The van der Waals surface area contributed by atoms with Crippen LogP contribution in [-0.4, -0.2) is 23.1 Å². The van der Waals surface area contributed by atoms with Crippen molar-refractivity contribution < 1.29 is 14.7 Å². The predicted octanol–water partition coefficient (Wildman–Crippen LogP) is 1.81. The Bertz CT molecular complexity index is 523. The van der Waals surface area contributed by atoms with Crippen molar-refractivity contribution >= 4 is 23.4 Å². The lowest BCUT2D eigenvalue weighted by Crippen LogP contribution is -2.41. The number of hydrogen-bond donors (Lipinski definition) is 2. The summed E-state index contributed by atoms with van der Waals surface area (Å²) >= 11 is 5.80. The summed E-state index contributed by atoms with van der Waals surface area (Å²) in [6, 6.07) is 7.11. The molecule has 1 unspecified atom stereocenters. The van der Waals surface area contributed by atoms with Crippen LogP contribution in [0.5, 0.6) is 0 Å². The van der Waals surface area contributed by atoms with E-state index in [0.29, 0.717) is 23.7 Å². The molecule has 6 heteroatoms. The van der Waals surface area contributed by atoms with Gasteiger partial charge in [-0.2, -0.15) is 0 Å². The zero-order chi connectivity index (χ0) is 12.8. The first-order chi connectivity index (χ1) is 8.62. The maximum atomic E-state index is 11.2. The third-order valence-corrected chi connectivity index (χ3v) is 3.60. The molecule has 5 nitrogen and oxygen atoms in total. The second-order valence-corrected chi connectivity index (χ2v) is 4.97. The van der Waals surface area contributed by atoms with Crippen LogP contribution in [0.4, 0.5) is 0 Å². The Kier molecular flexibility index (Phi) is 2.45. The van der Waals surface area contributed by atoms with Crippen molar-refractivity contribution in [2.45, 2.75) is 19.1 Å². The number of carboxylic acid groups (broad SMARTS) is 1. The molecule has 2 N–H and O–H groups in total. The topological polar surface area (TPSA) is 70.9 Å². The van der Waals surface area contributed by atoms with Crippen LogP contribution in [0.15, 0.2) is 29.4 Å². The van der Waals surface area contributed by atoms with Gasteiger partial charge < -0.3 is 15.3 Å². The first kappa shape index (κ1) is 11.3. The summed E-state index contributed by atoms with van der Waals surface area (Å²) in [6.07, 6.45) is 0.646. The highest BCUT2D eigenvalue weighted by Gasteiger charge is 2.60. The van der Waals surface area contributed by atoms with Gasteiger partial charge in [0.15, 0.2) is 5.84 Å². The number of nitrogens with one attached hydrogen (secondary N) is 1. The number of oxime groups is 1. The van der Waals surface area contributed by atoms with Gasteiger partial charge in [-0.1, -0.05) is 16.8 Å². The van der Waals surface area contributed by atoms with Crippen LogP contribution in [0.3, 0.4) is 0 Å². The highest BCUT2D eigenvalue weighted by atomic mass is 35.5. The Morgan fingerprint density at radius 2 is 2.11 bits per heavy atom. The average molecular weight is 267 g/mol. The van der Waals surface area contributed by atoms with Crippen molar-refractivity contribution in [3.63, 3.8) is 0 Å². The first-order valence-electron chi connectivity index (χ1n) is 5.61. The molecule has 0 aromatic heterocycles. The maximum Gasteiger partial charge on any atom is 0.315 e. The van der Waals surface area contributed by atoms with Crippen molar-refractivity contribution in [2.75, 3.05) is 0 Å². The van der Waals surface area contributed by atoms with Crippen molar-refractivity contribution in [3.05, 3.63) is 34.9 Å². The summed E-state index contributed by atoms with van der Waals surface area (Å²) in [5.41, 5.74) is 0.000554. The second kappa shape index (κ2) is 3.88. The SMILES string of the molecule is O=C(O)C1(C2NC(c3ccc(Cl)cc3)=NO2)CC1. The van der Waals surface area contributed by atoms with Gasteiger partial charge in [0.25, 0.3) is 0 Å². The molecule has 0 bridgehead atoms. The fraction of sp³-hybridized carbons (Fsp3) is 0.333. The molecule has 1 aliphatic carbocycles. The first-order valence-corrected chi connectivity index (χ1v) is 5.99. The Hall–Kier alpha value is -1.75. The second-order valence-electron chi connectivity index (χ2n) is 4.54. The summed E-state index contributed by atoms with van der Waals surface area (Å²) in [5, 5.41) is 16.7. The molecule has 1 fully saturated rings. The van der Waals surface area contributed by atoms with Crippen LogP contribution in [0.2, 0.25) is 5.02 Å². The predicted molar refractivity (Wildman–Crippen MR) is 65.3 cm³/mol. The normalized spacial score (nSPS) is 23.8. The summed E-state index contributed by atoms with van der Waals surface area (Å²) < 4.78 is 0. The molecule has 94 valence electrons. The Morgan fingerprint density at radius 3 is 2.67 bits per heavy atom. The fourth-order valence-corrected chi connectivity index (χ4v) is 2.11. The van der Waals surface area contributed by atoms with E-state index in [1.807, 2.05) is 0 Å². The van der Waals surface area contributed by atoms with Crippen LogP contribution >= 0.6 is 11.6 Å². The fourth-order valence-electron chi connectivity index (χ4n) is 1.99. The number of hydrogen-bond acceptors (Lipinski definition) is 4. The van der Waals surface area contributed by atoms with Gasteiger partial charge in [-0.25, -0.2) is 0 Å². The van der Waals surface area contributed by atoms with E-state index in [0.717, 1.165) is 5.56 Å². The Morgan fingerprint density at radius 1 is 1.44 bits per heavy atom. The molecular weight excluding hydrogens is 256 g/mol. The van der Waals surface area contributed by atoms with Crippen LogP contribution < -0.4 is 5.32 Å². The number of aliphatic carboxylic acids is 1. The quantitative estimate of drug-likeness (QED) is 0.875. The monoisotopic (exact) mass is 266 g/mol. The van der Waals surface area contributed by atoms with Gasteiger partial charge >= 0.3 is 5.97 Å². The summed E-state index contributed by atoms with van der Waals surface area (Å²) in [4.78, 5) is 16.4. The van der Waals surface area contributed by atoms with E-state index in [9.17, 15) is 4.79 Å². The molecule has 1 aromatic carbocycles.